The zero-order valence-electron chi connectivity index (χ0n) is 18.9. The number of aliphatic hydroxyl groups excluding tert-OH is 1. The van der Waals surface area contributed by atoms with Gasteiger partial charge in [-0.3, -0.25) is 5.10 Å². The summed E-state index contributed by atoms with van der Waals surface area (Å²) < 4.78 is 28.3. The molecule has 4 N–H and O–H groups in total. The van der Waals surface area contributed by atoms with Gasteiger partial charge in [-0.1, -0.05) is 11.6 Å². The van der Waals surface area contributed by atoms with E-state index in [0.29, 0.717) is 38.7 Å². The number of hydrogen-bond donors (Lipinski definition) is 4. The van der Waals surface area contributed by atoms with Crippen molar-refractivity contribution in [3.05, 3.63) is 77.6 Å². The number of anilines is 1. The van der Waals surface area contributed by atoms with E-state index in [4.69, 9.17) is 16.7 Å². The summed E-state index contributed by atoms with van der Waals surface area (Å²) in [5.74, 6) is -0.801. The average Bonchev–Trinajstić information content (AvgIpc) is 3.51. The molecule has 0 amide bonds. The minimum absolute atomic E-state index is 0.250. The molecule has 0 bridgehead atoms. The van der Waals surface area contributed by atoms with E-state index in [9.17, 15) is 8.78 Å². The molecule has 8 nitrogen and oxygen atoms in total. The smallest absolute Gasteiger partial charge is 0.182 e. The highest BCUT2D eigenvalue weighted by Crippen LogP contribution is 2.41. The van der Waals surface area contributed by atoms with Crippen molar-refractivity contribution in [3.63, 3.8) is 0 Å². The third kappa shape index (κ3) is 5.28. The van der Waals surface area contributed by atoms with Crippen molar-refractivity contribution in [3.8, 4) is 22.3 Å². The van der Waals surface area contributed by atoms with Gasteiger partial charge in [-0.25, -0.2) is 23.7 Å². The van der Waals surface area contributed by atoms with Gasteiger partial charge in [0, 0.05) is 29.5 Å². The molecule has 0 aliphatic heterocycles. The van der Waals surface area contributed by atoms with Gasteiger partial charge in [0.2, 0.25) is 0 Å². The van der Waals surface area contributed by atoms with Crippen molar-refractivity contribution in [1.82, 2.24) is 30.1 Å². The maximum atomic E-state index is 14.2. The SMILES string of the molecule is CC(Nc1ncnc2nc[nH]c12)c1cc(Cl)cc(-c2cn[nH]c2)c1-c1cc(F)cc(F)c1.CCO. The van der Waals surface area contributed by atoms with Crippen LogP contribution in [-0.2, 0) is 0 Å². The van der Waals surface area contributed by atoms with Gasteiger partial charge >= 0.3 is 0 Å². The highest BCUT2D eigenvalue weighted by molar-refractivity contribution is 6.31. The minimum atomic E-state index is -0.672. The van der Waals surface area contributed by atoms with Crippen LogP contribution in [0.15, 0.2) is 55.4 Å². The number of imidazole rings is 1. The van der Waals surface area contributed by atoms with Gasteiger partial charge < -0.3 is 15.4 Å². The first-order valence-electron chi connectivity index (χ1n) is 10.7. The Labute approximate surface area is 204 Å². The van der Waals surface area contributed by atoms with Gasteiger partial charge in [0.25, 0.3) is 0 Å². The van der Waals surface area contributed by atoms with E-state index in [1.165, 1.54) is 24.8 Å². The Morgan fingerprint density at radius 2 is 1.80 bits per heavy atom. The molecule has 0 saturated carbocycles. The fourth-order valence-electron chi connectivity index (χ4n) is 3.77. The average molecular weight is 498 g/mol. The van der Waals surface area contributed by atoms with Crippen LogP contribution < -0.4 is 5.32 Å². The van der Waals surface area contributed by atoms with E-state index in [2.05, 4.69) is 35.5 Å². The maximum Gasteiger partial charge on any atom is 0.182 e. The van der Waals surface area contributed by atoms with E-state index in [1.54, 1.807) is 31.5 Å². The fourth-order valence-corrected chi connectivity index (χ4v) is 4.00. The van der Waals surface area contributed by atoms with Gasteiger partial charge in [0.1, 0.15) is 23.5 Å². The molecule has 35 heavy (non-hydrogen) atoms. The molecule has 180 valence electrons. The molecule has 11 heteroatoms. The highest BCUT2D eigenvalue weighted by atomic mass is 35.5. The topological polar surface area (TPSA) is 115 Å². The van der Waals surface area contributed by atoms with Crippen LogP contribution in [0.4, 0.5) is 14.6 Å². The van der Waals surface area contributed by atoms with E-state index in [1.807, 2.05) is 6.92 Å². The van der Waals surface area contributed by atoms with Crippen molar-refractivity contribution in [1.29, 1.82) is 0 Å². The monoisotopic (exact) mass is 497 g/mol. The van der Waals surface area contributed by atoms with E-state index in [0.717, 1.165) is 17.2 Å². The first-order chi connectivity index (χ1) is 16.9. The molecule has 0 spiro atoms. The molecule has 0 fully saturated rings. The van der Waals surface area contributed by atoms with Gasteiger partial charge in [0.15, 0.2) is 11.5 Å². The van der Waals surface area contributed by atoms with E-state index < -0.39 is 11.6 Å². The van der Waals surface area contributed by atoms with Crippen molar-refractivity contribution in [2.75, 3.05) is 11.9 Å². The maximum absolute atomic E-state index is 14.2. The van der Waals surface area contributed by atoms with Gasteiger partial charge in [-0.15, -0.1) is 0 Å². The summed E-state index contributed by atoms with van der Waals surface area (Å²) >= 11 is 6.47. The summed E-state index contributed by atoms with van der Waals surface area (Å²) in [7, 11) is 0. The van der Waals surface area contributed by atoms with Crippen LogP contribution in [0.25, 0.3) is 33.4 Å². The van der Waals surface area contributed by atoms with Gasteiger partial charge in [-0.05, 0) is 60.4 Å². The van der Waals surface area contributed by atoms with Crippen LogP contribution in [0.1, 0.15) is 25.5 Å². The number of aromatic amines is 2. The fraction of sp³-hybridized carbons (Fsp3) is 0.167. The third-order valence-corrected chi connectivity index (χ3v) is 5.36. The Bertz CT molecular complexity index is 1420. The molecule has 5 aromatic rings. The molecule has 3 aromatic heterocycles. The number of aliphatic hydroxyl groups is 1. The standard InChI is InChI=1S/C22H16ClF2N7.C2H6O/c1-11(32-22-20-21(27-9-26-20)28-10-29-22)17-4-14(23)5-18(13-7-30-31-8-13)19(17)12-2-15(24)6-16(25)3-12;1-2-3/h2-11H,1H3,(H,30,31)(H2,26,27,28,29,32);3H,2H2,1H3. The second-order valence-corrected chi connectivity index (χ2v) is 8.00. The van der Waals surface area contributed by atoms with Crippen LogP contribution in [0.3, 0.4) is 0 Å². The lowest BCUT2D eigenvalue weighted by Gasteiger charge is -2.22. The summed E-state index contributed by atoms with van der Waals surface area (Å²) in [5, 5.41) is 18.2. The molecule has 0 aliphatic rings. The number of rotatable bonds is 5. The number of halogens is 3. The number of fused-ring (bicyclic) bond motifs is 1. The Hall–Kier alpha value is -3.89. The summed E-state index contributed by atoms with van der Waals surface area (Å²) in [6.07, 6.45) is 6.28. The van der Waals surface area contributed by atoms with Crippen molar-refractivity contribution < 1.29 is 13.9 Å². The lowest BCUT2D eigenvalue weighted by Crippen LogP contribution is -2.11. The van der Waals surface area contributed by atoms with E-state index >= 15 is 0 Å². The molecule has 5 rings (SSSR count). The number of H-pyrrole nitrogens is 2. The Morgan fingerprint density at radius 3 is 2.49 bits per heavy atom. The number of hydrogen-bond acceptors (Lipinski definition) is 6. The molecule has 0 aliphatic carbocycles. The van der Waals surface area contributed by atoms with Crippen LogP contribution >= 0.6 is 11.6 Å². The molecule has 1 atom stereocenters. The molecule has 2 aromatic carbocycles. The summed E-state index contributed by atoms with van der Waals surface area (Å²) in [6.45, 7) is 3.84. The van der Waals surface area contributed by atoms with Gasteiger partial charge in [0.05, 0.1) is 18.6 Å². The predicted molar refractivity (Wildman–Crippen MR) is 131 cm³/mol. The first kappa shape index (κ1) is 24.2. The van der Waals surface area contributed by atoms with Crippen LogP contribution in [-0.4, -0.2) is 41.8 Å². The number of nitrogens with one attached hydrogen (secondary N) is 3. The van der Waals surface area contributed by atoms with Crippen LogP contribution in [0, 0.1) is 11.6 Å². The largest absolute Gasteiger partial charge is 0.397 e. The summed E-state index contributed by atoms with van der Waals surface area (Å²) in [4.78, 5) is 15.6. The molecule has 1 unspecified atom stereocenters. The highest BCUT2D eigenvalue weighted by Gasteiger charge is 2.21. The van der Waals surface area contributed by atoms with Crippen LogP contribution in [0.2, 0.25) is 5.02 Å². The minimum Gasteiger partial charge on any atom is -0.397 e. The Balaban J connectivity index is 0.000000917. The first-order valence-corrected chi connectivity index (χ1v) is 11.1. The lowest BCUT2D eigenvalue weighted by molar-refractivity contribution is 0.318. The predicted octanol–water partition coefficient (Wildman–Crippen LogP) is 5.51. The summed E-state index contributed by atoms with van der Waals surface area (Å²) in [5.41, 5.74) is 4.33. The number of aromatic nitrogens is 6. The normalized spacial score (nSPS) is 11.7. The van der Waals surface area contributed by atoms with Crippen LogP contribution in [0.5, 0.6) is 0 Å². The van der Waals surface area contributed by atoms with Gasteiger partial charge in [-0.2, -0.15) is 5.10 Å². The quantitative estimate of drug-likeness (QED) is 0.254. The molecule has 3 heterocycles. The molecular formula is C24H22ClF2N7O. The summed E-state index contributed by atoms with van der Waals surface area (Å²) in [6, 6.07) is 6.61. The molecule has 0 saturated heterocycles. The molecule has 0 radical (unpaired) electrons. The van der Waals surface area contributed by atoms with E-state index in [-0.39, 0.29) is 12.6 Å². The Kier molecular flexibility index (Phi) is 7.33. The second-order valence-electron chi connectivity index (χ2n) is 7.57. The third-order valence-electron chi connectivity index (χ3n) is 5.14. The molecular weight excluding hydrogens is 476 g/mol. The number of nitrogens with zero attached hydrogens (tertiary/aromatic N) is 4. The zero-order valence-corrected chi connectivity index (χ0v) is 19.6. The second kappa shape index (κ2) is 10.6. The lowest BCUT2D eigenvalue weighted by atomic mass is 9.88. The van der Waals surface area contributed by atoms with Crippen molar-refractivity contribution in [2.24, 2.45) is 0 Å². The number of benzene rings is 2. The Morgan fingerprint density at radius 1 is 1.06 bits per heavy atom. The van der Waals surface area contributed by atoms with Crippen molar-refractivity contribution in [2.45, 2.75) is 19.9 Å². The van der Waals surface area contributed by atoms with Crippen molar-refractivity contribution >= 4 is 28.6 Å². The zero-order chi connectivity index (χ0) is 24.9.